The van der Waals surface area contributed by atoms with Crippen molar-refractivity contribution in [3.63, 3.8) is 0 Å². The number of ether oxygens (including phenoxy) is 2. The number of carbonyl (C=O) groups is 2. The predicted molar refractivity (Wildman–Crippen MR) is 149 cm³/mol. The lowest BCUT2D eigenvalue weighted by atomic mass is 10.0. The van der Waals surface area contributed by atoms with Gasteiger partial charge in [0.25, 0.3) is 0 Å². The minimum atomic E-state index is -3.85. The lowest BCUT2D eigenvalue weighted by Crippen LogP contribution is -2.47. The summed E-state index contributed by atoms with van der Waals surface area (Å²) in [5.74, 6) is -2.23. The van der Waals surface area contributed by atoms with Crippen LogP contribution in [0.2, 0.25) is 18.1 Å². The van der Waals surface area contributed by atoms with Crippen LogP contribution >= 0.6 is 7.60 Å². The molecule has 8 nitrogen and oxygen atoms in total. The second-order valence-electron chi connectivity index (χ2n) is 10.7. The van der Waals surface area contributed by atoms with Gasteiger partial charge in [-0.2, -0.15) is 0 Å². The van der Waals surface area contributed by atoms with Crippen molar-refractivity contribution in [2.24, 2.45) is 5.92 Å². The smallest absolute Gasteiger partial charge is 0.333 e. The second kappa shape index (κ2) is 14.2. The Kier molecular flexibility index (Phi) is 11.9. The Labute approximate surface area is 227 Å². The van der Waals surface area contributed by atoms with Crippen LogP contribution in [0.1, 0.15) is 38.3 Å². The standard InChI is InChI=1S/C28H41O8PSi/c1-28(2,3)38(6,7)36-25(27(30)33-5)18-24(26(29)32-4)21-37(31,34-19-22-14-10-8-11-15-22)35-20-23-16-12-9-13-17-23/h8-17,24-25H,18-21H2,1-7H3/t24-,25+/m1/s1. The van der Waals surface area contributed by atoms with E-state index in [2.05, 4.69) is 0 Å². The van der Waals surface area contributed by atoms with Crippen molar-refractivity contribution in [2.45, 2.75) is 64.6 Å². The number of benzene rings is 2. The monoisotopic (exact) mass is 564 g/mol. The summed E-state index contributed by atoms with van der Waals surface area (Å²) in [6, 6.07) is 18.5. The first kappa shape index (κ1) is 31.9. The molecule has 2 atom stereocenters. The summed E-state index contributed by atoms with van der Waals surface area (Å²) < 4.78 is 42.1. The van der Waals surface area contributed by atoms with Crippen molar-refractivity contribution < 1.29 is 37.1 Å². The van der Waals surface area contributed by atoms with Gasteiger partial charge in [0.2, 0.25) is 0 Å². The van der Waals surface area contributed by atoms with E-state index in [-0.39, 0.29) is 30.8 Å². The molecule has 0 fully saturated rings. The minimum absolute atomic E-state index is 0.0295. The maximum atomic E-state index is 14.1. The molecule has 210 valence electrons. The molecular formula is C28H41O8PSi. The van der Waals surface area contributed by atoms with Crippen LogP contribution in [0, 0.1) is 5.92 Å². The first-order chi connectivity index (χ1) is 17.8. The first-order valence-corrected chi connectivity index (χ1v) is 17.2. The Balaban J connectivity index is 2.33. The molecule has 0 aliphatic heterocycles. The zero-order chi connectivity index (χ0) is 28.4. The number of carbonyl (C=O) groups excluding carboxylic acids is 2. The average Bonchev–Trinajstić information content (AvgIpc) is 2.89. The maximum absolute atomic E-state index is 14.1. The molecule has 2 aromatic carbocycles. The predicted octanol–water partition coefficient (Wildman–Crippen LogP) is 6.36. The molecule has 0 unspecified atom stereocenters. The maximum Gasteiger partial charge on any atom is 0.333 e. The van der Waals surface area contributed by atoms with E-state index in [1.54, 1.807) is 0 Å². The van der Waals surface area contributed by atoms with Gasteiger partial charge in [0, 0.05) is 0 Å². The van der Waals surface area contributed by atoms with Gasteiger partial charge in [-0.05, 0) is 35.7 Å². The van der Waals surface area contributed by atoms with Gasteiger partial charge in [0.05, 0.1) is 39.5 Å². The molecule has 38 heavy (non-hydrogen) atoms. The summed E-state index contributed by atoms with van der Waals surface area (Å²) in [6.45, 7) is 10.2. The van der Waals surface area contributed by atoms with Crippen molar-refractivity contribution in [3.8, 4) is 0 Å². The minimum Gasteiger partial charge on any atom is -0.469 e. The summed E-state index contributed by atoms with van der Waals surface area (Å²) >= 11 is 0. The fourth-order valence-corrected chi connectivity index (χ4v) is 6.51. The highest BCUT2D eigenvalue weighted by atomic mass is 31.2. The van der Waals surface area contributed by atoms with Crippen LogP contribution in [0.4, 0.5) is 0 Å². The van der Waals surface area contributed by atoms with E-state index >= 15 is 0 Å². The van der Waals surface area contributed by atoms with E-state index < -0.39 is 39.9 Å². The van der Waals surface area contributed by atoms with E-state index in [4.69, 9.17) is 22.9 Å². The van der Waals surface area contributed by atoms with E-state index in [9.17, 15) is 14.2 Å². The molecule has 2 aromatic rings. The molecule has 0 saturated heterocycles. The van der Waals surface area contributed by atoms with Crippen molar-refractivity contribution in [1.29, 1.82) is 0 Å². The Morgan fingerprint density at radius 1 is 0.816 bits per heavy atom. The van der Waals surface area contributed by atoms with Crippen LogP contribution in [0.3, 0.4) is 0 Å². The molecule has 0 aromatic heterocycles. The zero-order valence-electron chi connectivity index (χ0n) is 23.5. The van der Waals surface area contributed by atoms with Crippen molar-refractivity contribution in [3.05, 3.63) is 71.8 Å². The first-order valence-electron chi connectivity index (χ1n) is 12.6. The van der Waals surface area contributed by atoms with E-state index in [0.717, 1.165) is 11.1 Å². The molecule has 0 spiro atoms. The van der Waals surface area contributed by atoms with Crippen LogP contribution in [0.5, 0.6) is 0 Å². The topological polar surface area (TPSA) is 97.4 Å². The van der Waals surface area contributed by atoms with Crippen molar-refractivity contribution in [1.82, 2.24) is 0 Å². The lowest BCUT2D eigenvalue weighted by Gasteiger charge is -2.39. The summed E-state index contributed by atoms with van der Waals surface area (Å²) in [4.78, 5) is 25.6. The summed E-state index contributed by atoms with van der Waals surface area (Å²) in [6.07, 6.45) is -1.41. The number of hydrogen-bond donors (Lipinski definition) is 0. The normalized spacial score (nSPS) is 14.0. The van der Waals surface area contributed by atoms with Crippen molar-refractivity contribution >= 4 is 27.9 Å². The summed E-state index contributed by atoms with van der Waals surface area (Å²) in [5, 5.41) is -0.188. The third kappa shape index (κ3) is 9.78. The largest absolute Gasteiger partial charge is 0.469 e. The van der Waals surface area contributed by atoms with Crippen molar-refractivity contribution in [2.75, 3.05) is 20.4 Å². The highest BCUT2D eigenvalue weighted by Crippen LogP contribution is 2.52. The molecule has 0 saturated carbocycles. The molecule has 10 heteroatoms. The van der Waals surface area contributed by atoms with Crippen LogP contribution in [-0.2, 0) is 50.3 Å². The summed E-state index contributed by atoms with van der Waals surface area (Å²) in [5.41, 5.74) is 1.61. The van der Waals surface area contributed by atoms with Gasteiger partial charge in [0.15, 0.2) is 8.32 Å². The quantitative estimate of drug-likeness (QED) is 0.149. The van der Waals surface area contributed by atoms with Crippen LogP contribution in [0.15, 0.2) is 60.7 Å². The SMILES string of the molecule is COC(=O)[C@H](C[C@H](O[Si](C)(C)C(C)(C)C)C(=O)OC)CP(=O)(OCc1ccccc1)OCc1ccccc1. The molecule has 0 N–H and O–H groups in total. The van der Waals surface area contributed by atoms with E-state index in [1.165, 1.54) is 14.2 Å². The number of rotatable bonds is 14. The Morgan fingerprint density at radius 3 is 1.66 bits per heavy atom. The van der Waals surface area contributed by atoms with Gasteiger partial charge in [-0.15, -0.1) is 0 Å². The molecule has 0 heterocycles. The van der Waals surface area contributed by atoms with E-state index in [0.29, 0.717) is 0 Å². The fourth-order valence-electron chi connectivity index (χ4n) is 3.43. The van der Waals surface area contributed by atoms with Gasteiger partial charge < -0.3 is 22.9 Å². The van der Waals surface area contributed by atoms with E-state index in [1.807, 2.05) is 94.5 Å². The number of hydrogen-bond acceptors (Lipinski definition) is 8. The van der Waals surface area contributed by atoms with Crippen LogP contribution in [0.25, 0.3) is 0 Å². The third-order valence-corrected chi connectivity index (χ3v) is 13.1. The van der Waals surface area contributed by atoms with Gasteiger partial charge in [-0.1, -0.05) is 81.4 Å². The van der Waals surface area contributed by atoms with Gasteiger partial charge in [-0.3, -0.25) is 9.36 Å². The molecular weight excluding hydrogens is 523 g/mol. The van der Waals surface area contributed by atoms with Gasteiger partial charge in [-0.25, -0.2) is 4.79 Å². The number of esters is 2. The van der Waals surface area contributed by atoms with Crippen LogP contribution < -0.4 is 0 Å². The average molecular weight is 565 g/mol. The molecule has 0 amide bonds. The van der Waals surface area contributed by atoms with Gasteiger partial charge in [0.1, 0.15) is 6.10 Å². The molecule has 0 bridgehead atoms. The third-order valence-electron chi connectivity index (χ3n) is 6.73. The zero-order valence-corrected chi connectivity index (χ0v) is 25.4. The van der Waals surface area contributed by atoms with Gasteiger partial charge >= 0.3 is 19.5 Å². The van der Waals surface area contributed by atoms with Crippen LogP contribution in [-0.4, -0.2) is 46.7 Å². The fraction of sp³-hybridized carbons (Fsp3) is 0.500. The highest BCUT2D eigenvalue weighted by molar-refractivity contribution is 7.53. The molecule has 0 aliphatic rings. The lowest BCUT2D eigenvalue weighted by molar-refractivity contribution is -0.152. The number of methoxy groups -OCH3 is 2. The molecule has 0 aliphatic carbocycles. The Morgan fingerprint density at radius 2 is 1.26 bits per heavy atom. The molecule has 0 radical (unpaired) electrons. The Hall–Kier alpha value is -2.29. The molecule has 2 rings (SSSR count). The Bertz CT molecular complexity index is 1020. The highest BCUT2D eigenvalue weighted by Gasteiger charge is 2.43. The summed E-state index contributed by atoms with van der Waals surface area (Å²) in [7, 11) is -3.75. The second-order valence-corrected chi connectivity index (χ2v) is 17.5.